The smallest absolute Gasteiger partial charge is 0.265 e. The first-order valence-electron chi connectivity index (χ1n) is 7.24. The summed E-state index contributed by atoms with van der Waals surface area (Å²) in [5.41, 5.74) is 0.0133. The molecule has 2 rings (SSSR count). The maximum atomic E-state index is 12.4. The number of carbonyl (C=O) groups is 1. The fraction of sp³-hybridized carbons (Fsp3) is 0.714. The number of aliphatic hydroxyl groups is 1. The molecule has 0 saturated carbocycles. The lowest BCUT2D eigenvalue weighted by Crippen LogP contribution is -2.44. The van der Waals surface area contributed by atoms with Crippen molar-refractivity contribution in [3.8, 4) is 0 Å². The van der Waals surface area contributed by atoms with E-state index in [0.717, 1.165) is 44.0 Å². The predicted molar refractivity (Wildman–Crippen MR) is 81.2 cm³/mol. The summed E-state index contributed by atoms with van der Waals surface area (Å²) in [7, 11) is 0. The highest BCUT2D eigenvalue weighted by Crippen LogP contribution is 2.35. The van der Waals surface area contributed by atoms with Crippen molar-refractivity contribution >= 4 is 22.4 Å². The van der Waals surface area contributed by atoms with E-state index >= 15 is 0 Å². The van der Waals surface area contributed by atoms with Gasteiger partial charge in [-0.05, 0) is 31.6 Å². The number of amides is 1. The molecule has 1 aliphatic heterocycles. The number of likely N-dealkylation sites (tertiary alicyclic amines) is 1. The second-order valence-corrected chi connectivity index (χ2v) is 6.39. The molecule has 1 amide bonds. The lowest BCUT2D eigenvalue weighted by Gasteiger charge is -2.40. The van der Waals surface area contributed by atoms with Crippen LogP contribution in [0.2, 0.25) is 0 Å². The Balaban J connectivity index is 1.97. The predicted octanol–water partition coefficient (Wildman–Crippen LogP) is 2.20. The van der Waals surface area contributed by atoms with Crippen LogP contribution in [0.3, 0.4) is 0 Å². The van der Waals surface area contributed by atoms with Gasteiger partial charge in [0.1, 0.15) is 4.88 Å². The summed E-state index contributed by atoms with van der Waals surface area (Å²) in [5, 5.41) is 13.4. The van der Waals surface area contributed by atoms with Crippen LogP contribution in [0.1, 0.15) is 42.8 Å². The zero-order valence-corrected chi connectivity index (χ0v) is 13.0. The molecule has 1 saturated heterocycles. The number of nitrogens with zero attached hydrogens (tertiary/aromatic N) is 2. The van der Waals surface area contributed by atoms with Crippen molar-refractivity contribution in [2.75, 3.05) is 31.6 Å². The maximum Gasteiger partial charge on any atom is 0.265 e. The highest BCUT2D eigenvalue weighted by atomic mass is 32.1. The molecule has 1 fully saturated rings. The Morgan fingerprint density at radius 1 is 1.50 bits per heavy atom. The van der Waals surface area contributed by atoms with Crippen molar-refractivity contribution in [2.24, 2.45) is 5.41 Å². The Morgan fingerprint density at radius 2 is 2.20 bits per heavy atom. The number of piperidine rings is 1. The standard InChI is InChI=1S/C14H23N3O2S/c1-3-14(10-18)5-7-17(8-6-14)12(19)11-9-16-13(20-11)15-4-2/h9,18H,3-8,10H2,1-2H3,(H,15,16). The third kappa shape index (κ3) is 3.12. The fourth-order valence-corrected chi connectivity index (χ4v) is 3.42. The van der Waals surface area contributed by atoms with Crippen LogP contribution in [0.25, 0.3) is 0 Å². The second kappa shape index (κ2) is 6.54. The molecule has 112 valence electrons. The summed E-state index contributed by atoms with van der Waals surface area (Å²) >= 11 is 1.41. The van der Waals surface area contributed by atoms with Gasteiger partial charge in [0, 0.05) is 26.2 Å². The van der Waals surface area contributed by atoms with E-state index < -0.39 is 0 Å². The van der Waals surface area contributed by atoms with E-state index in [2.05, 4.69) is 17.2 Å². The highest BCUT2D eigenvalue weighted by molar-refractivity contribution is 7.17. The summed E-state index contributed by atoms with van der Waals surface area (Å²) in [4.78, 5) is 19.2. The third-order valence-corrected chi connectivity index (χ3v) is 5.18. The van der Waals surface area contributed by atoms with E-state index in [9.17, 15) is 9.90 Å². The molecular formula is C14H23N3O2S. The van der Waals surface area contributed by atoms with Crippen LogP contribution in [0.4, 0.5) is 5.13 Å². The average Bonchev–Trinajstić information content (AvgIpc) is 2.96. The first-order chi connectivity index (χ1) is 9.64. The summed E-state index contributed by atoms with van der Waals surface area (Å²) in [6.07, 6.45) is 4.38. The lowest BCUT2D eigenvalue weighted by molar-refractivity contribution is 0.0341. The Labute approximate surface area is 124 Å². The van der Waals surface area contributed by atoms with Gasteiger partial charge in [0.25, 0.3) is 5.91 Å². The minimum atomic E-state index is 0.0133. The molecule has 6 heteroatoms. The highest BCUT2D eigenvalue weighted by Gasteiger charge is 2.34. The van der Waals surface area contributed by atoms with Gasteiger partial charge in [-0.1, -0.05) is 18.3 Å². The Hall–Kier alpha value is -1.14. The van der Waals surface area contributed by atoms with E-state index in [4.69, 9.17) is 0 Å². The minimum Gasteiger partial charge on any atom is -0.396 e. The molecule has 5 nitrogen and oxygen atoms in total. The van der Waals surface area contributed by atoms with E-state index in [1.54, 1.807) is 6.20 Å². The van der Waals surface area contributed by atoms with Crippen LogP contribution >= 0.6 is 11.3 Å². The molecule has 0 unspecified atom stereocenters. The molecule has 0 bridgehead atoms. The van der Waals surface area contributed by atoms with E-state index in [1.165, 1.54) is 11.3 Å². The number of hydrogen-bond donors (Lipinski definition) is 2. The fourth-order valence-electron chi connectivity index (χ4n) is 2.57. The number of hydrogen-bond acceptors (Lipinski definition) is 5. The van der Waals surface area contributed by atoms with Gasteiger partial charge >= 0.3 is 0 Å². The van der Waals surface area contributed by atoms with Crippen molar-refractivity contribution in [2.45, 2.75) is 33.1 Å². The number of nitrogens with one attached hydrogen (secondary N) is 1. The topological polar surface area (TPSA) is 65.5 Å². The number of thiazole rings is 1. The zero-order chi connectivity index (χ0) is 14.6. The van der Waals surface area contributed by atoms with Gasteiger partial charge in [-0.2, -0.15) is 0 Å². The van der Waals surface area contributed by atoms with Crippen molar-refractivity contribution in [1.82, 2.24) is 9.88 Å². The second-order valence-electron chi connectivity index (χ2n) is 5.36. The van der Waals surface area contributed by atoms with E-state index in [-0.39, 0.29) is 17.9 Å². The number of anilines is 1. The summed E-state index contributed by atoms with van der Waals surface area (Å²) in [5.74, 6) is 0.0642. The summed E-state index contributed by atoms with van der Waals surface area (Å²) in [6.45, 7) is 6.59. The molecule has 0 atom stereocenters. The van der Waals surface area contributed by atoms with Crippen LogP contribution in [-0.4, -0.2) is 47.1 Å². The van der Waals surface area contributed by atoms with Crippen LogP contribution in [0.15, 0.2) is 6.20 Å². The number of aliphatic hydroxyl groups excluding tert-OH is 1. The van der Waals surface area contributed by atoms with Gasteiger partial charge < -0.3 is 15.3 Å². The van der Waals surface area contributed by atoms with Gasteiger partial charge in [-0.15, -0.1) is 0 Å². The van der Waals surface area contributed by atoms with Crippen molar-refractivity contribution < 1.29 is 9.90 Å². The third-order valence-electron chi connectivity index (χ3n) is 4.24. The van der Waals surface area contributed by atoms with Gasteiger partial charge in [0.15, 0.2) is 5.13 Å². The van der Waals surface area contributed by atoms with E-state index in [0.29, 0.717) is 4.88 Å². The molecule has 1 aliphatic rings. The number of rotatable bonds is 5. The molecule has 1 aromatic rings. The van der Waals surface area contributed by atoms with Crippen LogP contribution in [0.5, 0.6) is 0 Å². The molecule has 2 heterocycles. The van der Waals surface area contributed by atoms with Crippen molar-refractivity contribution in [3.63, 3.8) is 0 Å². The molecule has 0 radical (unpaired) electrons. The summed E-state index contributed by atoms with van der Waals surface area (Å²) < 4.78 is 0. The molecular weight excluding hydrogens is 274 g/mol. The van der Waals surface area contributed by atoms with Crippen LogP contribution < -0.4 is 5.32 Å². The Bertz CT molecular complexity index is 447. The molecule has 2 N–H and O–H groups in total. The molecule has 0 aliphatic carbocycles. The van der Waals surface area contributed by atoms with Crippen molar-refractivity contribution in [3.05, 3.63) is 11.1 Å². The minimum absolute atomic E-state index is 0.0133. The van der Waals surface area contributed by atoms with Gasteiger partial charge in [0.05, 0.1) is 6.20 Å². The SMILES string of the molecule is CCNc1ncc(C(=O)N2CCC(CC)(CO)CC2)s1. The van der Waals surface area contributed by atoms with Crippen molar-refractivity contribution in [1.29, 1.82) is 0 Å². The van der Waals surface area contributed by atoms with E-state index in [1.807, 2.05) is 11.8 Å². The Morgan fingerprint density at radius 3 is 2.75 bits per heavy atom. The maximum absolute atomic E-state index is 12.4. The van der Waals surface area contributed by atoms with Crippen LogP contribution in [-0.2, 0) is 0 Å². The largest absolute Gasteiger partial charge is 0.396 e. The number of aromatic nitrogens is 1. The van der Waals surface area contributed by atoms with Gasteiger partial charge in [0.2, 0.25) is 0 Å². The lowest BCUT2D eigenvalue weighted by atomic mass is 9.77. The Kier molecular flexibility index (Phi) is 4.99. The van der Waals surface area contributed by atoms with Gasteiger partial charge in [-0.3, -0.25) is 4.79 Å². The monoisotopic (exact) mass is 297 g/mol. The zero-order valence-electron chi connectivity index (χ0n) is 12.2. The number of carbonyl (C=O) groups excluding carboxylic acids is 1. The average molecular weight is 297 g/mol. The van der Waals surface area contributed by atoms with Crippen LogP contribution in [0, 0.1) is 5.41 Å². The summed E-state index contributed by atoms with van der Waals surface area (Å²) in [6, 6.07) is 0. The van der Waals surface area contributed by atoms with Gasteiger partial charge in [-0.25, -0.2) is 4.98 Å². The molecule has 20 heavy (non-hydrogen) atoms. The molecule has 0 aromatic carbocycles. The quantitative estimate of drug-likeness (QED) is 0.874. The molecule has 1 aromatic heterocycles. The normalized spacial score (nSPS) is 18.1. The first-order valence-corrected chi connectivity index (χ1v) is 8.05. The molecule has 0 spiro atoms. The first kappa shape index (κ1) is 15.3.